The molecule has 1 aliphatic carbocycles. The average molecular weight is 374 g/mol. The Morgan fingerprint density at radius 3 is 2.35 bits per heavy atom. The van der Waals surface area contributed by atoms with Gasteiger partial charge < -0.3 is 15.6 Å². The van der Waals surface area contributed by atoms with Crippen LogP contribution >= 0.6 is 24.0 Å². The molecule has 0 spiro atoms. The highest BCUT2D eigenvalue weighted by molar-refractivity contribution is 6.32. The molecule has 3 nitrogen and oxygen atoms in total. The molecule has 1 fully saturated rings. The molecule has 1 saturated carbocycles. The number of aliphatic hydroxyl groups excluding tert-OH is 1. The molecular formula is C15H20Cl2F3NO2. The maximum absolute atomic E-state index is 12.2. The van der Waals surface area contributed by atoms with Gasteiger partial charge in [0.1, 0.15) is 5.75 Å². The summed E-state index contributed by atoms with van der Waals surface area (Å²) in [4.78, 5) is 0. The summed E-state index contributed by atoms with van der Waals surface area (Å²) in [7, 11) is 0. The summed E-state index contributed by atoms with van der Waals surface area (Å²) in [5, 5.41) is 10.2. The molecule has 0 amide bonds. The van der Waals surface area contributed by atoms with Crippen molar-refractivity contribution < 1.29 is 23.0 Å². The lowest BCUT2D eigenvalue weighted by molar-refractivity contribution is -0.274. The minimum absolute atomic E-state index is 0. The van der Waals surface area contributed by atoms with Crippen LogP contribution in [0.1, 0.15) is 43.7 Å². The zero-order chi connectivity index (χ0) is 16.3. The molecule has 0 aliphatic heterocycles. The van der Waals surface area contributed by atoms with Crippen LogP contribution in [0.4, 0.5) is 13.2 Å². The fourth-order valence-corrected chi connectivity index (χ4v) is 3.13. The van der Waals surface area contributed by atoms with Crippen LogP contribution in [0.25, 0.3) is 0 Å². The van der Waals surface area contributed by atoms with Crippen LogP contribution in [0.3, 0.4) is 0 Å². The summed E-state index contributed by atoms with van der Waals surface area (Å²) in [5.41, 5.74) is 6.54. The second-order valence-corrected chi connectivity index (χ2v) is 6.06. The summed E-state index contributed by atoms with van der Waals surface area (Å²) >= 11 is 5.81. The first-order valence-corrected chi connectivity index (χ1v) is 7.64. The highest BCUT2D eigenvalue weighted by Gasteiger charge is 2.33. The SMILES string of the molecule is Cl.N[C@H](c1ccc(OC(F)(F)F)c(Cl)c1)[C@@H](O)C1CCCCC1. The predicted molar refractivity (Wildman–Crippen MR) is 84.9 cm³/mol. The maximum Gasteiger partial charge on any atom is 0.573 e. The van der Waals surface area contributed by atoms with Crippen molar-refractivity contribution in [2.45, 2.75) is 50.6 Å². The Bertz CT molecular complexity index is 508. The number of benzene rings is 1. The first kappa shape index (κ1) is 20.4. The number of ether oxygens (including phenoxy) is 1. The van der Waals surface area contributed by atoms with Gasteiger partial charge in [0.15, 0.2) is 0 Å². The lowest BCUT2D eigenvalue weighted by atomic mass is 9.81. The Kier molecular flexibility index (Phi) is 7.45. The van der Waals surface area contributed by atoms with Crippen LogP contribution < -0.4 is 10.5 Å². The van der Waals surface area contributed by atoms with E-state index in [1.54, 1.807) is 0 Å². The Morgan fingerprint density at radius 1 is 1.22 bits per heavy atom. The van der Waals surface area contributed by atoms with E-state index in [1.807, 2.05) is 0 Å². The van der Waals surface area contributed by atoms with Crippen molar-refractivity contribution in [3.05, 3.63) is 28.8 Å². The van der Waals surface area contributed by atoms with Gasteiger partial charge in [-0.05, 0) is 36.5 Å². The minimum atomic E-state index is -4.80. The van der Waals surface area contributed by atoms with Crippen LogP contribution in [0.5, 0.6) is 5.75 Å². The van der Waals surface area contributed by atoms with Crippen molar-refractivity contribution in [3.8, 4) is 5.75 Å². The summed E-state index contributed by atoms with van der Waals surface area (Å²) in [6.45, 7) is 0. The third-order valence-electron chi connectivity index (χ3n) is 4.07. The molecule has 1 aromatic rings. The van der Waals surface area contributed by atoms with Crippen LogP contribution in [-0.2, 0) is 0 Å². The van der Waals surface area contributed by atoms with Crippen molar-refractivity contribution >= 4 is 24.0 Å². The molecule has 3 N–H and O–H groups in total. The van der Waals surface area contributed by atoms with Gasteiger partial charge in [0.2, 0.25) is 0 Å². The Labute approximate surface area is 144 Å². The van der Waals surface area contributed by atoms with Gasteiger partial charge in [0.05, 0.1) is 17.2 Å². The first-order chi connectivity index (χ1) is 10.3. The van der Waals surface area contributed by atoms with E-state index >= 15 is 0 Å². The van der Waals surface area contributed by atoms with Crippen LogP contribution in [0, 0.1) is 5.92 Å². The summed E-state index contributed by atoms with van der Waals surface area (Å²) in [5.74, 6) is -0.356. The Balaban J connectivity index is 0.00000264. The number of nitrogens with two attached hydrogens (primary N) is 1. The monoisotopic (exact) mass is 373 g/mol. The van der Waals surface area contributed by atoms with Gasteiger partial charge in [-0.2, -0.15) is 0 Å². The van der Waals surface area contributed by atoms with E-state index < -0.39 is 24.3 Å². The van der Waals surface area contributed by atoms with Crippen molar-refractivity contribution in [1.82, 2.24) is 0 Å². The summed E-state index contributed by atoms with van der Waals surface area (Å²) in [6, 6.07) is 3.17. The van der Waals surface area contributed by atoms with Gasteiger partial charge in [0.25, 0.3) is 0 Å². The molecule has 0 bridgehead atoms. The van der Waals surface area contributed by atoms with E-state index in [-0.39, 0.29) is 23.3 Å². The van der Waals surface area contributed by atoms with E-state index in [0.29, 0.717) is 5.56 Å². The normalized spacial score (nSPS) is 18.9. The third kappa shape index (κ3) is 5.71. The van der Waals surface area contributed by atoms with Gasteiger partial charge in [-0.1, -0.05) is 36.9 Å². The number of hydrogen-bond acceptors (Lipinski definition) is 3. The first-order valence-electron chi connectivity index (χ1n) is 7.27. The molecule has 0 heterocycles. The summed E-state index contributed by atoms with van der Waals surface area (Å²) < 4.78 is 40.4. The van der Waals surface area contributed by atoms with E-state index in [2.05, 4.69) is 4.74 Å². The number of rotatable bonds is 4. The van der Waals surface area contributed by atoms with Gasteiger partial charge in [-0.3, -0.25) is 0 Å². The zero-order valence-electron chi connectivity index (χ0n) is 12.4. The number of halogens is 5. The smallest absolute Gasteiger partial charge is 0.404 e. The third-order valence-corrected chi connectivity index (χ3v) is 4.36. The fraction of sp³-hybridized carbons (Fsp3) is 0.600. The molecular weight excluding hydrogens is 354 g/mol. The highest BCUT2D eigenvalue weighted by Crippen LogP contribution is 2.35. The van der Waals surface area contributed by atoms with Gasteiger partial charge in [0, 0.05) is 0 Å². The standard InChI is InChI=1S/C15H19ClF3NO2.ClH/c16-11-8-10(6-7-12(11)22-15(17,18)19)13(20)14(21)9-4-2-1-3-5-9;/h6-9,13-14,21H,1-5,20H2;1H/t13-,14+;/m1./s1. The van der Waals surface area contributed by atoms with Crippen LogP contribution in [0.15, 0.2) is 18.2 Å². The second kappa shape index (κ2) is 8.42. The molecule has 0 aromatic heterocycles. The number of alkyl halides is 3. The lowest BCUT2D eigenvalue weighted by Gasteiger charge is -2.30. The molecule has 0 saturated heterocycles. The fourth-order valence-electron chi connectivity index (χ4n) is 2.90. The van der Waals surface area contributed by atoms with Crippen molar-refractivity contribution in [3.63, 3.8) is 0 Å². The van der Waals surface area contributed by atoms with Crippen molar-refractivity contribution in [2.75, 3.05) is 0 Å². The van der Waals surface area contributed by atoms with Crippen LogP contribution in [0.2, 0.25) is 5.02 Å². The molecule has 8 heteroatoms. The molecule has 2 atom stereocenters. The topological polar surface area (TPSA) is 55.5 Å². The molecule has 1 aromatic carbocycles. The molecule has 1 aliphatic rings. The molecule has 0 radical (unpaired) electrons. The lowest BCUT2D eigenvalue weighted by Crippen LogP contribution is -2.34. The molecule has 132 valence electrons. The van der Waals surface area contributed by atoms with Crippen molar-refractivity contribution in [2.24, 2.45) is 11.7 Å². The molecule has 2 rings (SSSR count). The average Bonchev–Trinajstić information content (AvgIpc) is 2.47. The van der Waals surface area contributed by atoms with Crippen molar-refractivity contribution in [1.29, 1.82) is 0 Å². The van der Waals surface area contributed by atoms with Gasteiger partial charge in [-0.15, -0.1) is 25.6 Å². The Hall–Kier alpha value is -0.690. The quantitative estimate of drug-likeness (QED) is 0.810. The maximum atomic E-state index is 12.2. The highest BCUT2D eigenvalue weighted by atomic mass is 35.5. The van der Waals surface area contributed by atoms with E-state index in [9.17, 15) is 18.3 Å². The minimum Gasteiger partial charge on any atom is -0.404 e. The van der Waals surface area contributed by atoms with Gasteiger partial charge in [-0.25, -0.2) is 0 Å². The molecule has 23 heavy (non-hydrogen) atoms. The predicted octanol–water partition coefficient (Wildman–Crippen LogP) is 4.60. The Morgan fingerprint density at radius 2 is 1.83 bits per heavy atom. The van der Waals surface area contributed by atoms with E-state index in [0.717, 1.165) is 38.2 Å². The van der Waals surface area contributed by atoms with Gasteiger partial charge >= 0.3 is 6.36 Å². The van der Waals surface area contributed by atoms with E-state index in [4.69, 9.17) is 17.3 Å². The largest absolute Gasteiger partial charge is 0.573 e. The zero-order valence-corrected chi connectivity index (χ0v) is 13.9. The van der Waals surface area contributed by atoms with E-state index in [1.165, 1.54) is 12.1 Å². The van der Waals surface area contributed by atoms with Crippen LogP contribution in [-0.4, -0.2) is 17.6 Å². The second-order valence-electron chi connectivity index (χ2n) is 5.65. The molecule has 0 unspecified atom stereocenters. The number of hydrogen-bond donors (Lipinski definition) is 2. The number of aliphatic hydroxyl groups is 1. The summed E-state index contributed by atoms with van der Waals surface area (Å²) in [6.07, 6.45) is -0.412.